The first-order valence-corrected chi connectivity index (χ1v) is 13.7. The molecule has 0 bridgehead atoms. The molecule has 2 aliphatic rings. The first-order chi connectivity index (χ1) is 19.4. The van der Waals surface area contributed by atoms with Crippen LogP contribution in [0.1, 0.15) is 45.9 Å². The van der Waals surface area contributed by atoms with Crippen LogP contribution < -0.4 is 5.32 Å². The van der Waals surface area contributed by atoms with Crippen LogP contribution >= 0.6 is 0 Å². The average molecular weight is 544 g/mol. The minimum absolute atomic E-state index is 0.0216. The molecule has 3 aromatic carbocycles. The lowest BCUT2D eigenvalue weighted by Crippen LogP contribution is -2.43. The molecule has 0 aromatic heterocycles. The smallest absolute Gasteiger partial charge is 0.407 e. The Morgan fingerprint density at radius 3 is 2.20 bits per heavy atom. The maximum atomic E-state index is 13.5. The van der Waals surface area contributed by atoms with E-state index in [1.165, 1.54) is 19.2 Å². The molecule has 3 amide bonds. The summed E-state index contributed by atoms with van der Waals surface area (Å²) in [7, 11) is 1.28. The van der Waals surface area contributed by atoms with Gasteiger partial charge in [0.25, 0.3) is 5.91 Å². The Hall–Kier alpha value is -4.20. The highest BCUT2D eigenvalue weighted by molar-refractivity contribution is 5.94. The van der Waals surface area contributed by atoms with Crippen molar-refractivity contribution >= 4 is 17.9 Å². The Morgan fingerprint density at radius 1 is 0.875 bits per heavy atom. The second-order valence-electron chi connectivity index (χ2n) is 10.6. The van der Waals surface area contributed by atoms with Crippen molar-refractivity contribution in [2.45, 2.75) is 25.3 Å². The number of carbonyl (C=O) groups is 3. The van der Waals surface area contributed by atoms with Crippen molar-refractivity contribution in [3.63, 3.8) is 0 Å². The van der Waals surface area contributed by atoms with E-state index in [9.17, 15) is 18.8 Å². The van der Waals surface area contributed by atoms with Crippen molar-refractivity contribution in [1.82, 2.24) is 15.1 Å². The van der Waals surface area contributed by atoms with Crippen molar-refractivity contribution in [2.24, 2.45) is 11.8 Å². The Kier molecular flexibility index (Phi) is 8.43. The normalized spacial score (nSPS) is 19.4. The number of amides is 3. The van der Waals surface area contributed by atoms with E-state index in [0.717, 1.165) is 24.0 Å². The Morgan fingerprint density at radius 2 is 1.55 bits per heavy atom. The van der Waals surface area contributed by atoms with Crippen LogP contribution in [0.2, 0.25) is 0 Å². The van der Waals surface area contributed by atoms with E-state index in [4.69, 9.17) is 4.74 Å². The lowest BCUT2D eigenvalue weighted by molar-refractivity contribution is -0.133. The van der Waals surface area contributed by atoms with Crippen LogP contribution in [0.25, 0.3) is 0 Å². The highest BCUT2D eigenvalue weighted by atomic mass is 19.1. The molecular formula is C32H34FN3O4. The largest absolute Gasteiger partial charge is 0.453 e. The summed E-state index contributed by atoms with van der Waals surface area (Å²) in [6, 6.07) is 22.5. The average Bonchev–Trinajstić information content (AvgIpc) is 3.29. The van der Waals surface area contributed by atoms with Crippen LogP contribution in [0.5, 0.6) is 0 Å². The number of likely N-dealkylation sites (tertiary alicyclic amines) is 2. The topological polar surface area (TPSA) is 79.0 Å². The molecule has 2 aliphatic heterocycles. The molecule has 2 heterocycles. The zero-order chi connectivity index (χ0) is 28.1. The van der Waals surface area contributed by atoms with E-state index in [-0.39, 0.29) is 17.6 Å². The number of fused-ring (bicyclic) bond motifs is 1. The van der Waals surface area contributed by atoms with Gasteiger partial charge < -0.3 is 19.9 Å². The predicted octanol–water partition coefficient (Wildman–Crippen LogP) is 4.82. The molecule has 7 nitrogen and oxygen atoms in total. The van der Waals surface area contributed by atoms with Gasteiger partial charge in [-0.15, -0.1) is 0 Å². The van der Waals surface area contributed by atoms with E-state index in [1.807, 2.05) is 64.4 Å². The summed E-state index contributed by atoms with van der Waals surface area (Å²) in [6.07, 6.45) is 1.57. The van der Waals surface area contributed by atoms with Crippen LogP contribution in [0.4, 0.5) is 9.18 Å². The second kappa shape index (κ2) is 12.3. The molecule has 0 saturated carbocycles. The van der Waals surface area contributed by atoms with E-state index in [0.29, 0.717) is 55.6 Å². The first kappa shape index (κ1) is 27.4. The molecule has 0 aliphatic carbocycles. The van der Waals surface area contributed by atoms with Gasteiger partial charge in [0.1, 0.15) is 11.9 Å². The summed E-state index contributed by atoms with van der Waals surface area (Å²) >= 11 is 0. The fourth-order valence-corrected chi connectivity index (χ4v) is 5.86. The number of alkyl carbamates (subject to hydrolysis) is 1. The van der Waals surface area contributed by atoms with Crippen molar-refractivity contribution in [3.05, 3.63) is 107 Å². The number of ether oxygens (including phenoxy) is 1. The minimum Gasteiger partial charge on any atom is -0.453 e. The molecule has 1 N–H and O–H groups in total. The van der Waals surface area contributed by atoms with Gasteiger partial charge in [-0.3, -0.25) is 9.59 Å². The molecule has 5 rings (SSSR count). The van der Waals surface area contributed by atoms with Crippen molar-refractivity contribution in [3.8, 4) is 0 Å². The predicted molar refractivity (Wildman–Crippen MR) is 149 cm³/mol. The van der Waals surface area contributed by atoms with Gasteiger partial charge in [-0.05, 0) is 72.1 Å². The highest BCUT2D eigenvalue weighted by Crippen LogP contribution is 2.33. The van der Waals surface area contributed by atoms with Gasteiger partial charge in [-0.1, -0.05) is 54.6 Å². The fraction of sp³-hybridized carbons (Fsp3) is 0.344. The van der Waals surface area contributed by atoms with Gasteiger partial charge in [-0.2, -0.15) is 0 Å². The number of rotatable bonds is 6. The summed E-state index contributed by atoms with van der Waals surface area (Å²) < 4.78 is 18.0. The van der Waals surface area contributed by atoms with E-state index >= 15 is 0 Å². The number of nitrogens with one attached hydrogen (secondary N) is 1. The molecule has 8 heteroatoms. The van der Waals surface area contributed by atoms with Crippen molar-refractivity contribution in [2.75, 3.05) is 33.3 Å². The third kappa shape index (κ3) is 6.33. The number of benzene rings is 3. The summed E-state index contributed by atoms with van der Waals surface area (Å²) in [5, 5.41) is 2.69. The number of hydrogen-bond donors (Lipinski definition) is 1. The maximum Gasteiger partial charge on any atom is 0.407 e. The van der Waals surface area contributed by atoms with Gasteiger partial charge in [-0.25, -0.2) is 9.18 Å². The zero-order valence-electron chi connectivity index (χ0n) is 22.6. The van der Waals surface area contributed by atoms with Gasteiger partial charge in [0.15, 0.2) is 0 Å². The summed E-state index contributed by atoms with van der Waals surface area (Å²) in [4.78, 5) is 42.7. The molecular weight excluding hydrogens is 509 g/mol. The maximum absolute atomic E-state index is 13.5. The standard InChI is InChI=1S/C32H34FN3O4/c1-40-32(39)34-29(24-7-3-2-4-8-24)31(38)35-16-14-26-20-36(21-27(26)15-17-35)30(37)25-9-5-6-23(19-25)18-22-10-12-28(33)13-11-22/h2-13,19,26-27,29H,14-18,20-21H2,1H3,(H,34,39)/t26-,27+,29-/m1/s1. The van der Waals surface area contributed by atoms with Crippen molar-refractivity contribution < 1.29 is 23.5 Å². The summed E-state index contributed by atoms with van der Waals surface area (Å²) in [6.45, 7) is 2.47. The van der Waals surface area contributed by atoms with E-state index in [1.54, 1.807) is 12.1 Å². The van der Waals surface area contributed by atoms with Gasteiger partial charge in [0, 0.05) is 31.7 Å². The molecule has 2 fully saturated rings. The van der Waals surface area contributed by atoms with Gasteiger partial charge >= 0.3 is 6.09 Å². The lowest BCUT2D eigenvalue weighted by atomic mass is 9.92. The van der Waals surface area contributed by atoms with Crippen molar-refractivity contribution in [1.29, 1.82) is 0 Å². The molecule has 0 spiro atoms. The first-order valence-electron chi connectivity index (χ1n) is 13.7. The number of hydrogen-bond acceptors (Lipinski definition) is 4. The molecule has 40 heavy (non-hydrogen) atoms. The third-order valence-corrected chi connectivity index (χ3v) is 8.04. The SMILES string of the molecule is COC(=O)N[C@@H](C(=O)N1CC[C@@H]2CN(C(=O)c3cccc(Cc4ccc(F)cc4)c3)C[C@@H]2CC1)c1ccccc1. The lowest BCUT2D eigenvalue weighted by Gasteiger charge is -2.27. The molecule has 3 atom stereocenters. The number of methoxy groups -OCH3 is 1. The van der Waals surface area contributed by atoms with E-state index in [2.05, 4.69) is 5.32 Å². The quantitative estimate of drug-likeness (QED) is 0.483. The monoisotopic (exact) mass is 543 g/mol. The number of nitrogens with zero attached hydrogens (tertiary/aromatic N) is 2. The molecule has 0 unspecified atom stereocenters. The second-order valence-corrected chi connectivity index (χ2v) is 10.6. The fourth-order valence-electron chi connectivity index (χ4n) is 5.86. The zero-order valence-corrected chi connectivity index (χ0v) is 22.6. The van der Waals surface area contributed by atoms with Crippen LogP contribution in [0.3, 0.4) is 0 Å². The third-order valence-electron chi connectivity index (χ3n) is 8.04. The Bertz CT molecular complexity index is 1330. The van der Waals surface area contributed by atoms with Gasteiger partial charge in [0.05, 0.1) is 7.11 Å². The van der Waals surface area contributed by atoms with Gasteiger partial charge in [0.2, 0.25) is 5.91 Å². The number of halogens is 1. The highest BCUT2D eigenvalue weighted by Gasteiger charge is 2.39. The Labute approximate surface area is 233 Å². The molecule has 208 valence electrons. The van der Waals surface area contributed by atoms with E-state index < -0.39 is 12.1 Å². The number of carbonyl (C=O) groups excluding carboxylic acids is 3. The Balaban J connectivity index is 1.21. The molecule has 3 aromatic rings. The minimum atomic E-state index is -0.813. The van der Waals surface area contributed by atoms with Crippen LogP contribution in [-0.2, 0) is 16.0 Å². The summed E-state index contributed by atoms with van der Waals surface area (Å²) in [5.41, 5.74) is 3.37. The van der Waals surface area contributed by atoms with Crippen LogP contribution in [-0.4, -0.2) is 61.0 Å². The summed E-state index contributed by atoms with van der Waals surface area (Å²) in [5.74, 6) is 0.233. The van der Waals surface area contributed by atoms with Crippen LogP contribution in [0, 0.1) is 17.7 Å². The molecule has 0 radical (unpaired) electrons. The van der Waals surface area contributed by atoms with Crippen LogP contribution in [0.15, 0.2) is 78.9 Å². The molecule has 2 saturated heterocycles.